The Morgan fingerprint density at radius 1 is 1.29 bits per heavy atom. The SMILES string of the molecule is COc1c(CC2CO2)cc(F)cc1-c1c(Cl)cccc1Cl. The second-order valence-corrected chi connectivity index (χ2v) is 5.72. The van der Waals surface area contributed by atoms with Crippen LogP contribution in [0, 0.1) is 5.82 Å². The maximum absolute atomic E-state index is 14.0. The van der Waals surface area contributed by atoms with E-state index in [4.69, 9.17) is 32.7 Å². The van der Waals surface area contributed by atoms with Gasteiger partial charge in [0, 0.05) is 23.1 Å². The van der Waals surface area contributed by atoms with Crippen LogP contribution in [0.3, 0.4) is 0 Å². The fourth-order valence-corrected chi connectivity index (χ4v) is 3.02. The van der Waals surface area contributed by atoms with Crippen molar-refractivity contribution in [3.8, 4) is 16.9 Å². The van der Waals surface area contributed by atoms with Crippen LogP contribution in [0.25, 0.3) is 11.1 Å². The molecule has 110 valence electrons. The standard InChI is InChI=1S/C16H13Cl2FO2/c1-20-16-9(6-11-8-21-11)5-10(19)7-12(16)15-13(17)3-2-4-14(15)18/h2-5,7,11H,6,8H2,1H3. The average Bonchev–Trinajstić information content (AvgIpc) is 3.22. The molecule has 1 heterocycles. The first-order chi connectivity index (χ1) is 10.1. The second kappa shape index (κ2) is 5.84. The quantitative estimate of drug-likeness (QED) is 0.756. The van der Waals surface area contributed by atoms with Gasteiger partial charge in [-0.3, -0.25) is 0 Å². The smallest absolute Gasteiger partial charge is 0.130 e. The Morgan fingerprint density at radius 3 is 2.52 bits per heavy atom. The molecule has 5 heteroatoms. The van der Waals surface area contributed by atoms with Crippen LogP contribution in [0.5, 0.6) is 5.75 Å². The molecule has 1 unspecified atom stereocenters. The highest BCUT2D eigenvalue weighted by Gasteiger charge is 2.26. The molecule has 2 nitrogen and oxygen atoms in total. The highest BCUT2D eigenvalue weighted by Crippen LogP contribution is 2.42. The fraction of sp³-hybridized carbons (Fsp3) is 0.250. The van der Waals surface area contributed by atoms with Gasteiger partial charge in [0.2, 0.25) is 0 Å². The van der Waals surface area contributed by atoms with E-state index in [1.54, 1.807) is 25.3 Å². The van der Waals surface area contributed by atoms with Crippen LogP contribution in [0.15, 0.2) is 30.3 Å². The molecule has 1 saturated heterocycles. The summed E-state index contributed by atoms with van der Waals surface area (Å²) < 4.78 is 24.7. The van der Waals surface area contributed by atoms with Crippen LogP contribution < -0.4 is 4.74 Å². The molecule has 1 aliphatic heterocycles. The zero-order chi connectivity index (χ0) is 15.0. The first-order valence-corrected chi connectivity index (χ1v) is 7.28. The number of hydrogen-bond acceptors (Lipinski definition) is 2. The Bertz CT molecular complexity index is 664. The molecule has 0 aromatic heterocycles. The van der Waals surface area contributed by atoms with Crippen LogP contribution in [0.2, 0.25) is 10.0 Å². The summed E-state index contributed by atoms with van der Waals surface area (Å²) in [7, 11) is 1.55. The summed E-state index contributed by atoms with van der Waals surface area (Å²) in [6.07, 6.45) is 0.742. The van der Waals surface area contributed by atoms with E-state index < -0.39 is 0 Å². The van der Waals surface area contributed by atoms with E-state index in [0.717, 1.165) is 5.56 Å². The van der Waals surface area contributed by atoms with Crippen LogP contribution >= 0.6 is 23.2 Å². The minimum absolute atomic E-state index is 0.135. The maximum atomic E-state index is 14.0. The van der Waals surface area contributed by atoms with E-state index in [9.17, 15) is 4.39 Å². The molecule has 0 radical (unpaired) electrons. The predicted molar refractivity (Wildman–Crippen MR) is 81.9 cm³/mol. The second-order valence-electron chi connectivity index (χ2n) is 4.90. The summed E-state index contributed by atoms with van der Waals surface area (Å²) in [5.41, 5.74) is 1.89. The summed E-state index contributed by atoms with van der Waals surface area (Å²) >= 11 is 12.5. The fourth-order valence-electron chi connectivity index (χ4n) is 2.41. The lowest BCUT2D eigenvalue weighted by atomic mass is 9.98. The Balaban J connectivity index is 2.18. The van der Waals surface area contributed by atoms with Gasteiger partial charge in [-0.25, -0.2) is 4.39 Å². The number of epoxide rings is 1. The van der Waals surface area contributed by atoms with Gasteiger partial charge in [-0.15, -0.1) is 0 Å². The van der Waals surface area contributed by atoms with E-state index in [0.29, 0.717) is 39.9 Å². The minimum atomic E-state index is -0.350. The van der Waals surface area contributed by atoms with Crippen molar-refractivity contribution in [2.24, 2.45) is 0 Å². The van der Waals surface area contributed by atoms with Crippen molar-refractivity contribution in [2.45, 2.75) is 12.5 Å². The third kappa shape index (κ3) is 3.00. The van der Waals surface area contributed by atoms with Gasteiger partial charge in [-0.2, -0.15) is 0 Å². The van der Waals surface area contributed by atoms with Crippen LogP contribution in [-0.2, 0) is 11.2 Å². The third-order valence-corrected chi connectivity index (χ3v) is 4.05. The molecular weight excluding hydrogens is 314 g/mol. The van der Waals surface area contributed by atoms with Crippen molar-refractivity contribution in [2.75, 3.05) is 13.7 Å². The van der Waals surface area contributed by atoms with Gasteiger partial charge in [0.1, 0.15) is 11.6 Å². The molecule has 3 rings (SSSR count). The van der Waals surface area contributed by atoms with Crippen molar-refractivity contribution in [1.82, 2.24) is 0 Å². The molecule has 0 aliphatic carbocycles. The molecule has 0 saturated carbocycles. The Hall–Kier alpha value is -1.29. The molecule has 21 heavy (non-hydrogen) atoms. The van der Waals surface area contributed by atoms with Crippen molar-refractivity contribution in [1.29, 1.82) is 0 Å². The van der Waals surface area contributed by atoms with Crippen LogP contribution in [0.1, 0.15) is 5.56 Å². The lowest BCUT2D eigenvalue weighted by Crippen LogP contribution is -2.01. The summed E-state index contributed by atoms with van der Waals surface area (Å²) in [5, 5.41) is 0.917. The summed E-state index contributed by atoms with van der Waals surface area (Å²) in [6.45, 7) is 0.696. The van der Waals surface area contributed by atoms with E-state index >= 15 is 0 Å². The maximum Gasteiger partial charge on any atom is 0.130 e. The first-order valence-electron chi connectivity index (χ1n) is 6.52. The molecule has 0 spiro atoms. The number of benzene rings is 2. The van der Waals surface area contributed by atoms with E-state index in [-0.39, 0.29) is 11.9 Å². The summed E-state index contributed by atoms with van der Waals surface area (Å²) in [5.74, 6) is 0.235. The largest absolute Gasteiger partial charge is 0.496 e. The number of hydrogen-bond donors (Lipinski definition) is 0. The molecular formula is C16H13Cl2FO2. The number of halogens is 3. The average molecular weight is 327 g/mol. The topological polar surface area (TPSA) is 21.8 Å². The van der Waals surface area contributed by atoms with E-state index in [1.807, 2.05) is 0 Å². The molecule has 2 aromatic rings. The molecule has 1 atom stereocenters. The number of ether oxygens (including phenoxy) is 2. The van der Waals surface area contributed by atoms with Crippen molar-refractivity contribution < 1.29 is 13.9 Å². The normalized spacial score (nSPS) is 16.9. The van der Waals surface area contributed by atoms with Crippen LogP contribution in [0.4, 0.5) is 4.39 Å². The Labute approximate surface area is 132 Å². The van der Waals surface area contributed by atoms with Crippen molar-refractivity contribution in [3.63, 3.8) is 0 Å². The highest BCUT2D eigenvalue weighted by molar-refractivity contribution is 6.39. The van der Waals surface area contributed by atoms with Gasteiger partial charge in [-0.05, 0) is 24.3 Å². The Morgan fingerprint density at radius 2 is 1.95 bits per heavy atom. The predicted octanol–water partition coefficient (Wildman–Crippen LogP) is 4.75. The molecule has 1 fully saturated rings. The number of methoxy groups -OCH3 is 1. The Kier molecular flexibility index (Phi) is 4.07. The van der Waals surface area contributed by atoms with Gasteiger partial charge < -0.3 is 9.47 Å². The van der Waals surface area contributed by atoms with Gasteiger partial charge in [0.05, 0.1) is 29.9 Å². The van der Waals surface area contributed by atoms with Crippen molar-refractivity contribution in [3.05, 3.63) is 51.8 Å². The zero-order valence-electron chi connectivity index (χ0n) is 11.3. The number of rotatable bonds is 4. The van der Waals surface area contributed by atoms with Gasteiger partial charge in [-0.1, -0.05) is 29.3 Å². The lowest BCUT2D eigenvalue weighted by Gasteiger charge is -2.16. The summed E-state index contributed by atoms with van der Waals surface area (Å²) in [6, 6.07) is 8.05. The van der Waals surface area contributed by atoms with E-state index in [1.165, 1.54) is 12.1 Å². The first kappa shape index (κ1) is 14.6. The van der Waals surface area contributed by atoms with Crippen molar-refractivity contribution >= 4 is 23.2 Å². The van der Waals surface area contributed by atoms with Crippen LogP contribution in [-0.4, -0.2) is 19.8 Å². The summed E-state index contributed by atoms with van der Waals surface area (Å²) in [4.78, 5) is 0. The highest BCUT2D eigenvalue weighted by atomic mass is 35.5. The molecule has 0 bridgehead atoms. The van der Waals surface area contributed by atoms with Gasteiger partial charge in [0.25, 0.3) is 0 Å². The monoisotopic (exact) mass is 326 g/mol. The lowest BCUT2D eigenvalue weighted by molar-refractivity contribution is 0.390. The minimum Gasteiger partial charge on any atom is -0.496 e. The third-order valence-electron chi connectivity index (χ3n) is 3.42. The molecule has 1 aliphatic rings. The van der Waals surface area contributed by atoms with Gasteiger partial charge >= 0.3 is 0 Å². The van der Waals surface area contributed by atoms with E-state index in [2.05, 4.69) is 0 Å². The molecule has 2 aromatic carbocycles. The molecule has 0 N–H and O–H groups in total. The van der Waals surface area contributed by atoms with Gasteiger partial charge in [0.15, 0.2) is 0 Å². The molecule has 0 amide bonds. The zero-order valence-corrected chi connectivity index (χ0v) is 12.8.